The molecule has 42 valence electrons. The monoisotopic (exact) mass is 126 g/mol. The van der Waals surface area contributed by atoms with Crippen LogP contribution in [0.3, 0.4) is 0 Å². The zero-order chi connectivity index (χ0) is 5.82. The molecule has 0 atom stereocenters. The lowest BCUT2D eigenvalue weighted by atomic mass is 10.3. The smallest absolute Gasteiger partial charge is 0.150 e. The van der Waals surface area contributed by atoms with Gasteiger partial charge in [0.25, 0.3) is 0 Å². The van der Waals surface area contributed by atoms with E-state index in [0.29, 0.717) is 0 Å². The molecule has 0 spiro atoms. The van der Waals surface area contributed by atoms with Crippen molar-refractivity contribution in [1.82, 2.24) is 0 Å². The summed E-state index contributed by atoms with van der Waals surface area (Å²) in [6.45, 7) is 0. The molecule has 0 amide bonds. The molecule has 1 rings (SSSR count). The molecule has 0 N–H and O–H groups in total. The number of carbonyl (C=O) groups is 1. The highest BCUT2D eigenvalue weighted by Crippen LogP contribution is 2.12. The van der Waals surface area contributed by atoms with Gasteiger partial charge in [-0.1, -0.05) is 12.2 Å². The number of rotatable bonds is 1. The van der Waals surface area contributed by atoms with E-state index in [2.05, 4.69) is 0 Å². The quantitative estimate of drug-likeness (QED) is 0.494. The molecular weight excluding hydrogens is 120 g/mol. The normalized spacial score (nSPS) is 17.8. The van der Waals surface area contributed by atoms with Gasteiger partial charge in [0.05, 0.1) is 0 Å². The van der Waals surface area contributed by atoms with E-state index in [4.69, 9.17) is 0 Å². The van der Waals surface area contributed by atoms with Crippen molar-refractivity contribution in [3.05, 3.63) is 23.1 Å². The number of carbonyl (C=O) groups excluding carboxylic acids is 1. The van der Waals surface area contributed by atoms with Crippen LogP contribution in [0.25, 0.3) is 0 Å². The van der Waals surface area contributed by atoms with E-state index in [1.54, 1.807) is 11.8 Å². The van der Waals surface area contributed by atoms with Crippen LogP contribution in [-0.2, 0) is 4.79 Å². The Bertz CT molecular complexity index is 147. The van der Waals surface area contributed by atoms with Crippen LogP contribution in [0.5, 0.6) is 0 Å². The molecule has 0 unspecified atom stereocenters. The fourth-order valence-electron chi connectivity index (χ4n) is 0.490. The van der Waals surface area contributed by atoms with Gasteiger partial charge in [-0.05, 0) is 5.41 Å². The lowest BCUT2D eigenvalue weighted by Crippen LogP contribution is -1.82. The van der Waals surface area contributed by atoms with E-state index in [1.165, 1.54) is 0 Å². The predicted molar refractivity (Wildman–Crippen MR) is 35.7 cm³/mol. The zero-order valence-corrected chi connectivity index (χ0v) is 5.15. The molecule has 8 heavy (non-hydrogen) atoms. The van der Waals surface area contributed by atoms with Gasteiger partial charge in [0, 0.05) is 11.3 Å². The molecular formula is C6H6OS. The van der Waals surface area contributed by atoms with Crippen LogP contribution >= 0.6 is 11.8 Å². The van der Waals surface area contributed by atoms with Gasteiger partial charge in [0.1, 0.15) is 0 Å². The summed E-state index contributed by atoms with van der Waals surface area (Å²) >= 11 is 1.65. The highest BCUT2D eigenvalue weighted by molar-refractivity contribution is 8.02. The van der Waals surface area contributed by atoms with E-state index in [9.17, 15) is 4.79 Å². The van der Waals surface area contributed by atoms with Crippen LogP contribution in [-0.4, -0.2) is 12.0 Å². The Morgan fingerprint density at radius 1 is 1.75 bits per heavy atom. The second-order valence-corrected chi connectivity index (χ2v) is 2.37. The summed E-state index contributed by atoms with van der Waals surface area (Å²) in [7, 11) is 0. The van der Waals surface area contributed by atoms with Gasteiger partial charge in [0.2, 0.25) is 0 Å². The van der Waals surface area contributed by atoms with Crippen LogP contribution in [0.1, 0.15) is 0 Å². The van der Waals surface area contributed by atoms with Crippen LogP contribution in [0.2, 0.25) is 0 Å². The SMILES string of the molecule is O=CC1=CSCC=C1. The number of thioether (sulfide) groups is 1. The fourth-order valence-corrected chi connectivity index (χ4v) is 1.12. The van der Waals surface area contributed by atoms with Crippen molar-refractivity contribution >= 4 is 18.0 Å². The van der Waals surface area contributed by atoms with Crippen LogP contribution < -0.4 is 0 Å². The summed E-state index contributed by atoms with van der Waals surface area (Å²) in [6.07, 6.45) is 4.68. The van der Waals surface area contributed by atoms with Gasteiger partial charge >= 0.3 is 0 Å². The molecule has 2 heteroatoms. The van der Waals surface area contributed by atoms with Gasteiger partial charge in [0.15, 0.2) is 6.29 Å². The maximum absolute atomic E-state index is 10.0. The fraction of sp³-hybridized carbons (Fsp3) is 0.167. The molecule has 0 aromatic carbocycles. The molecule has 1 aliphatic heterocycles. The van der Waals surface area contributed by atoms with Gasteiger partial charge in [-0.25, -0.2) is 0 Å². The molecule has 1 nitrogen and oxygen atoms in total. The first-order valence-corrected chi connectivity index (χ1v) is 3.42. The molecule has 0 aliphatic carbocycles. The number of allylic oxidation sites excluding steroid dienone is 2. The molecule has 0 aromatic heterocycles. The van der Waals surface area contributed by atoms with Crippen molar-refractivity contribution in [3.8, 4) is 0 Å². The highest BCUT2D eigenvalue weighted by Gasteiger charge is 1.91. The lowest BCUT2D eigenvalue weighted by molar-refractivity contribution is -0.104. The first kappa shape index (κ1) is 5.63. The summed E-state index contributed by atoms with van der Waals surface area (Å²) in [5.41, 5.74) is 0.779. The molecule has 0 radical (unpaired) electrons. The molecule has 0 saturated heterocycles. The third kappa shape index (κ3) is 1.23. The minimum Gasteiger partial charge on any atom is -0.298 e. The Morgan fingerprint density at radius 2 is 2.62 bits per heavy atom. The third-order valence-corrected chi connectivity index (χ3v) is 1.68. The Hall–Kier alpha value is -0.500. The second kappa shape index (κ2) is 2.72. The first-order valence-electron chi connectivity index (χ1n) is 2.37. The molecule has 0 fully saturated rings. The summed E-state index contributed by atoms with van der Waals surface area (Å²) in [5.74, 6) is 0.997. The van der Waals surface area contributed by atoms with Gasteiger partial charge in [-0.2, -0.15) is 0 Å². The molecule has 0 aromatic rings. The summed E-state index contributed by atoms with van der Waals surface area (Å²) < 4.78 is 0. The molecule has 1 heterocycles. The maximum atomic E-state index is 10.0. The Balaban J connectivity index is 2.64. The summed E-state index contributed by atoms with van der Waals surface area (Å²) in [6, 6.07) is 0. The van der Waals surface area contributed by atoms with E-state index < -0.39 is 0 Å². The average Bonchev–Trinajstić information content (AvgIpc) is 1.90. The topological polar surface area (TPSA) is 17.1 Å². The highest BCUT2D eigenvalue weighted by atomic mass is 32.2. The van der Waals surface area contributed by atoms with Crippen molar-refractivity contribution in [2.75, 3.05) is 5.75 Å². The van der Waals surface area contributed by atoms with Crippen molar-refractivity contribution in [2.45, 2.75) is 0 Å². The van der Waals surface area contributed by atoms with Gasteiger partial charge in [-0.3, -0.25) is 4.79 Å². The Morgan fingerprint density at radius 3 is 3.00 bits per heavy atom. The van der Waals surface area contributed by atoms with Crippen molar-refractivity contribution in [2.24, 2.45) is 0 Å². The second-order valence-electron chi connectivity index (χ2n) is 1.47. The number of aldehydes is 1. The molecule has 0 bridgehead atoms. The summed E-state index contributed by atoms with van der Waals surface area (Å²) in [4.78, 5) is 10.0. The molecule has 0 saturated carbocycles. The zero-order valence-electron chi connectivity index (χ0n) is 4.33. The van der Waals surface area contributed by atoms with Crippen molar-refractivity contribution in [1.29, 1.82) is 0 Å². The van der Waals surface area contributed by atoms with Gasteiger partial charge in [-0.15, -0.1) is 11.8 Å². The maximum Gasteiger partial charge on any atom is 0.150 e. The van der Waals surface area contributed by atoms with Crippen LogP contribution in [0.4, 0.5) is 0 Å². The largest absolute Gasteiger partial charge is 0.298 e. The first-order chi connectivity index (χ1) is 3.93. The standard InChI is InChI=1S/C6H6OS/c7-4-6-2-1-3-8-5-6/h1-2,4-5H,3H2. The van der Waals surface area contributed by atoms with E-state index in [0.717, 1.165) is 17.6 Å². The van der Waals surface area contributed by atoms with Crippen molar-refractivity contribution in [3.63, 3.8) is 0 Å². The predicted octanol–water partition coefficient (Wildman–Crippen LogP) is 1.37. The van der Waals surface area contributed by atoms with E-state index in [-0.39, 0.29) is 0 Å². The molecule has 1 aliphatic rings. The van der Waals surface area contributed by atoms with E-state index >= 15 is 0 Å². The number of hydrogen-bond acceptors (Lipinski definition) is 2. The van der Waals surface area contributed by atoms with Crippen molar-refractivity contribution < 1.29 is 4.79 Å². The minimum absolute atomic E-state index is 0.779. The van der Waals surface area contributed by atoms with Gasteiger partial charge < -0.3 is 0 Å². The third-order valence-electron chi connectivity index (χ3n) is 0.858. The van der Waals surface area contributed by atoms with E-state index in [1.807, 2.05) is 17.6 Å². The Kier molecular flexibility index (Phi) is 1.92. The summed E-state index contributed by atoms with van der Waals surface area (Å²) in [5, 5.41) is 1.87. The van der Waals surface area contributed by atoms with Crippen LogP contribution in [0.15, 0.2) is 23.1 Å². The van der Waals surface area contributed by atoms with Crippen LogP contribution in [0, 0.1) is 0 Å². The average molecular weight is 126 g/mol. The number of hydrogen-bond donors (Lipinski definition) is 0. The minimum atomic E-state index is 0.779. The lowest BCUT2D eigenvalue weighted by Gasteiger charge is -1.95. The Labute approximate surface area is 52.5 Å².